The van der Waals surface area contributed by atoms with Crippen molar-refractivity contribution in [1.29, 1.82) is 0 Å². The Hall–Kier alpha value is -2.03. The van der Waals surface area contributed by atoms with Gasteiger partial charge >= 0.3 is 0 Å². The average Bonchev–Trinajstić information content (AvgIpc) is 2.52. The summed E-state index contributed by atoms with van der Waals surface area (Å²) < 4.78 is 0. The molecule has 2 N–H and O–H groups in total. The van der Waals surface area contributed by atoms with Crippen LogP contribution in [-0.2, 0) is 0 Å². The summed E-state index contributed by atoms with van der Waals surface area (Å²) >= 11 is 0. The molecule has 0 saturated carbocycles. The van der Waals surface area contributed by atoms with Gasteiger partial charge in [0, 0.05) is 24.3 Å². The van der Waals surface area contributed by atoms with Gasteiger partial charge in [0.05, 0.1) is 0 Å². The summed E-state index contributed by atoms with van der Waals surface area (Å²) in [6.45, 7) is 5.07. The zero-order chi connectivity index (χ0) is 14.2. The smallest absolute Gasteiger partial charge is 0.251 e. The van der Waals surface area contributed by atoms with Crippen LogP contribution in [0.5, 0.6) is 0 Å². The molecule has 0 fully saturated rings. The molecule has 3 heteroatoms. The van der Waals surface area contributed by atoms with Crippen LogP contribution in [0.15, 0.2) is 49.1 Å². The minimum Gasteiger partial charge on any atom is -0.385 e. The summed E-state index contributed by atoms with van der Waals surface area (Å²) in [5, 5.41) is 6.21. The molecule has 0 aliphatic heterocycles. The molecule has 20 heavy (non-hydrogen) atoms. The third-order valence-corrected chi connectivity index (χ3v) is 3.53. The molecule has 1 aromatic rings. The predicted octanol–water partition coefficient (Wildman–Crippen LogP) is 3.37. The second kappa shape index (κ2) is 7.53. The van der Waals surface area contributed by atoms with Gasteiger partial charge in [-0.15, -0.1) is 6.58 Å². The lowest BCUT2D eigenvalue weighted by Crippen LogP contribution is -2.23. The highest BCUT2D eigenvalue weighted by molar-refractivity contribution is 5.94. The second-order valence-corrected chi connectivity index (χ2v) is 5.11. The number of hydrogen-bond donors (Lipinski definition) is 2. The Morgan fingerprint density at radius 2 is 2.10 bits per heavy atom. The first-order chi connectivity index (χ1) is 9.79. The largest absolute Gasteiger partial charge is 0.385 e. The first-order valence-corrected chi connectivity index (χ1v) is 7.17. The van der Waals surface area contributed by atoms with Gasteiger partial charge in [-0.3, -0.25) is 4.79 Å². The maximum Gasteiger partial charge on any atom is 0.251 e. The summed E-state index contributed by atoms with van der Waals surface area (Å²) in [4.78, 5) is 11.7. The Kier molecular flexibility index (Phi) is 5.42. The van der Waals surface area contributed by atoms with Crippen LogP contribution in [0.3, 0.4) is 0 Å². The van der Waals surface area contributed by atoms with Gasteiger partial charge in [-0.05, 0) is 49.4 Å². The van der Waals surface area contributed by atoms with Crippen molar-refractivity contribution in [3.05, 3.63) is 54.6 Å². The molecule has 0 bridgehead atoms. The second-order valence-electron chi connectivity index (χ2n) is 5.11. The van der Waals surface area contributed by atoms with Crippen LogP contribution in [0.4, 0.5) is 5.69 Å². The molecule has 0 aromatic heterocycles. The maximum atomic E-state index is 11.7. The lowest BCUT2D eigenvalue weighted by atomic mass is 9.94. The molecule has 1 aliphatic carbocycles. The highest BCUT2D eigenvalue weighted by atomic mass is 16.1. The fourth-order valence-electron chi connectivity index (χ4n) is 2.31. The van der Waals surface area contributed by atoms with E-state index in [4.69, 9.17) is 0 Å². The number of amides is 1. The van der Waals surface area contributed by atoms with Crippen LogP contribution in [0.1, 0.15) is 29.6 Å². The van der Waals surface area contributed by atoms with E-state index in [1.807, 2.05) is 24.3 Å². The number of allylic oxidation sites excluding steroid dienone is 2. The van der Waals surface area contributed by atoms with Gasteiger partial charge in [0.15, 0.2) is 0 Å². The molecular formula is C17H22N2O. The fourth-order valence-corrected chi connectivity index (χ4v) is 2.31. The molecule has 1 unspecified atom stereocenters. The third kappa shape index (κ3) is 4.26. The quantitative estimate of drug-likeness (QED) is 0.778. The number of anilines is 1. The first-order valence-electron chi connectivity index (χ1n) is 7.17. The molecule has 3 nitrogen and oxygen atoms in total. The fraction of sp³-hybridized carbons (Fsp3) is 0.353. The number of rotatable bonds is 6. The summed E-state index contributed by atoms with van der Waals surface area (Å²) in [6, 6.07) is 7.62. The number of hydrogen-bond acceptors (Lipinski definition) is 2. The lowest BCUT2D eigenvalue weighted by Gasteiger charge is -2.18. The molecule has 106 valence electrons. The molecule has 1 atom stereocenters. The number of benzene rings is 1. The van der Waals surface area contributed by atoms with E-state index in [2.05, 4.69) is 29.4 Å². The number of nitrogens with one attached hydrogen (secondary N) is 2. The molecule has 0 saturated heterocycles. The zero-order valence-electron chi connectivity index (χ0n) is 11.8. The highest BCUT2D eigenvalue weighted by Crippen LogP contribution is 2.19. The highest BCUT2D eigenvalue weighted by Gasteiger charge is 2.09. The van der Waals surface area contributed by atoms with Crippen molar-refractivity contribution in [2.45, 2.75) is 19.3 Å². The molecule has 1 amide bonds. The monoisotopic (exact) mass is 270 g/mol. The Balaban J connectivity index is 1.83. The van der Waals surface area contributed by atoms with Crippen LogP contribution in [0.2, 0.25) is 0 Å². The van der Waals surface area contributed by atoms with Crippen LogP contribution in [0, 0.1) is 5.92 Å². The SMILES string of the molecule is C=CCNC(=O)c1ccc(NCC2CC=CCC2)cc1. The van der Waals surface area contributed by atoms with E-state index < -0.39 is 0 Å². The Labute approximate surface area is 120 Å². The van der Waals surface area contributed by atoms with Gasteiger partial charge in [0.1, 0.15) is 0 Å². The van der Waals surface area contributed by atoms with Gasteiger partial charge in [-0.1, -0.05) is 18.2 Å². The predicted molar refractivity (Wildman–Crippen MR) is 83.9 cm³/mol. The first kappa shape index (κ1) is 14.4. The summed E-state index contributed by atoms with van der Waals surface area (Å²) in [6.07, 6.45) is 9.80. The molecule has 2 rings (SSSR count). The number of carbonyl (C=O) groups is 1. The molecule has 0 heterocycles. The number of carbonyl (C=O) groups excluding carboxylic acids is 1. The van der Waals surface area contributed by atoms with E-state index in [1.54, 1.807) is 6.08 Å². The van der Waals surface area contributed by atoms with Gasteiger partial charge in [0.25, 0.3) is 5.91 Å². The lowest BCUT2D eigenvalue weighted by molar-refractivity contribution is 0.0958. The molecule has 0 spiro atoms. The minimum atomic E-state index is -0.0612. The molecular weight excluding hydrogens is 248 g/mol. The van der Waals surface area contributed by atoms with E-state index in [-0.39, 0.29) is 5.91 Å². The van der Waals surface area contributed by atoms with Crippen molar-refractivity contribution in [3.63, 3.8) is 0 Å². The van der Waals surface area contributed by atoms with Gasteiger partial charge in [0.2, 0.25) is 0 Å². The van der Waals surface area contributed by atoms with Crippen LogP contribution in [0.25, 0.3) is 0 Å². The van der Waals surface area contributed by atoms with Crippen molar-refractivity contribution in [3.8, 4) is 0 Å². The normalized spacial score (nSPS) is 17.5. The molecule has 0 radical (unpaired) electrons. The van der Waals surface area contributed by atoms with Crippen molar-refractivity contribution in [2.24, 2.45) is 5.92 Å². The van der Waals surface area contributed by atoms with Crippen LogP contribution >= 0.6 is 0 Å². The Bertz CT molecular complexity index is 476. The van der Waals surface area contributed by atoms with E-state index >= 15 is 0 Å². The standard InChI is InChI=1S/C17H22N2O/c1-2-12-18-17(20)15-8-10-16(11-9-15)19-13-14-6-4-3-5-7-14/h2-4,8-11,14,19H,1,5-7,12-13H2,(H,18,20). The van der Waals surface area contributed by atoms with Crippen molar-refractivity contribution >= 4 is 11.6 Å². The van der Waals surface area contributed by atoms with Crippen molar-refractivity contribution in [1.82, 2.24) is 5.32 Å². The minimum absolute atomic E-state index is 0.0612. The van der Waals surface area contributed by atoms with Crippen LogP contribution < -0.4 is 10.6 Å². The zero-order valence-corrected chi connectivity index (χ0v) is 11.8. The van der Waals surface area contributed by atoms with E-state index in [9.17, 15) is 4.79 Å². The van der Waals surface area contributed by atoms with E-state index in [0.717, 1.165) is 24.6 Å². The van der Waals surface area contributed by atoms with E-state index in [1.165, 1.54) is 12.8 Å². The van der Waals surface area contributed by atoms with Crippen LogP contribution in [-0.4, -0.2) is 19.0 Å². The average molecular weight is 270 g/mol. The maximum absolute atomic E-state index is 11.7. The summed E-state index contributed by atoms with van der Waals surface area (Å²) in [5.41, 5.74) is 1.75. The van der Waals surface area contributed by atoms with E-state index in [0.29, 0.717) is 12.1 Å². The third-order valence-electron chi connectivity index (χ3n) is 3.53. The van der Waals surface area contributed by atoms with Gasteiger partial charge in [-0.2, -0.15) is 0 Å². The Morgan fingerprint density at radius 1 is 1.30 bits per heavy atom. The summed E-state index contributed by atoms with van der Waals surface area (Å²) in [7, 11) is 0. The van der Waals surface area contributed by atoms with Crippen molar-refractivity contribution in [2.75, 3.05) is 18.4 Å². The summed E-state index contributed by atoms with van der Waals surface area (Å²) in [5.74, 6) is 0.657. The molecule has 1 aliphatic rings. The van der Waals surface area contributed by atoms with Crippen molar-refractivity contribution < 1.29 is 4.79 Å². The topological polar surface area (TPSA) is 41.1 Å². The van der Waals surface area contributed by atoms with Gasteiger partial charge < -0.3 is 10.6 Å². The molecule has 1 aromatic carbocycles. The van der Waals surface area contributed by atoms with Gasteiger partial charge in [-0.25, -0.2) is 0 Å². The Morgan fingerprint density at radius 3 is 2.75 bits per heavy atom.